The predicted octanol–water partition coefficient (Wildman–Crippen LogP) is 5.55. The van der Waals surface area contributed by atoms with E-state index in [4.69, 9.17) is 28.8 Å². The first-order chi connectivity index (χ1) is 13.7. The number of benzene rings is 2. The molecule has 3 aromatic heterocycles. The monoisotopic (exact) mass is 423 g/mol. The third-order valence-corrected chi connectivity index (χ3v) is 5.93. The quantitative estimate of drug-likeness (QED) is 0.385. The molecule has 0 saturated carbocycles. The zero-order valence-corrected chi connectivity index (χ0v) is 16.9. The highest BCUT2D eigenvalue weighted by Gasteiger charge is 2.14. The number of hydrogen-bond donors (Lipinski definition) is 1. The van der Waals surface area contributed by atoms with Crippen LogP contribution in [0.3, 0.4) is 0 Å². The van der Waals surface area contributed by atoms with Crippen molar-refractivity contribution in [3.63, 3.8) is 0 Å². The van der Waals surface area contributed by atoms with Crippen LogP contribution in [-0.4, -0.2) is 24.1 Å². The number of H-pyrrole nitrogens is 1. The summed E-state index contributed by atoms with van der Waals surface area (Å²) in [5.41, 5.74) is 4.07. The average molecular weight is 424 g/mol. The van der Waals surface area contributed by atoms with E-state index in [-0.39, 0.29) is 0 Å². The fourth-order valence-electron chi connectivity index (χ4n) is 3.17. The molecule has 0 aliphatic heterocycles. The van der Waals surface area contributed by atoms with Crippen LogP contribution in [0, 0.1) is 4.77 Å². The van der Waals surface area contributed by atoms with Crippen molar-refractivity contribution in [3.8, 4) is 16.9 Å². The van der Waals surface area contributed by atoms with Crippen LogP contribution in [0.4, 0.5) is 0 Å². The molecule has 3 heterocycles. The molecule has 0 spiro atoms. The summed E-state index contributed by atoms with van der Waals surface area (Å²) < 4.78 is 4.66. The molecule has 0 saturated heterocycles. The second-order valence-electron chi connectivity index (χ2n) is 6.31. The van der Waals surface area contributed by atoms with E-state index in [9.17, 15) is 0 Å². The van der Waals surface area contributed by atoms with Crippen LogP contribution in [0.25, 0.3) is 21.9 Å². The van der Waals surface area contributed by atoms with E-state index in [2.05, 4.69) is 26.2 Å². The van der Waals surface area contributed by atoms with Crippen LogP contribution in [-0.2, 0) is 6.42 Å². The fourth-order valence-corrected chi connectivity index (χ4v) is 4.43. The van der Waals surface area contributed by atoms with Crippen LogP contribution >= 0.6 is 35.2 Å². The third kappa shape index (κ3) is 3.07. The molecule has 0 aliphatic rings. The van der Waals surface area contributed by atoms with Gasteiger partial charge in [-0.1, -0.05) is 41.9 Å². The lowest BCUT2D eigenvalue weighted by atomic mass is 10.2. The molecule has 0 atom stereocenters. The Hall–Kier alpha value is -2.74. The second kappa shape index (κ2) is 7.01. The van der Waals surface area contributed by atoms with Crippen LogP contribution in [0.1, 0.15) is 11.5 Å². The van der Waals surface area contributed by atoms with Gasteiger partial charge in [0.15, 0.2) is 9.73 Å². The Labute approximate surface area is 174 Å². The van der Waals surface area contributed by atoms with Crippen molar-refractivity contribution in [1.82, 2.24) is 24.1 Å². The smallest absolute Gasteiger partial charge is 0.199 e. The van der Waals surface area contributed by atoms with E-state index in [1.807, 2.05) is 59.2 Å². The number of para-hydroxylation sites is 1. The van der Waals surface area contributed by atoms with E-state index < -0.39 is 0 Å². The first-order valence-electron chi connectivity index (χ1n) is 8.62. The zero-order chi connectivity index (χ0) is 19.1. The summed E-state index contributed by atoms with van der Waals surface area (Å²) in [5, 5.41) is 10.2. The Morgan fingerprint density at radius 1 is 1.07 bits per heavy atom. The van der Waals surface area contributed by atoms with Gasteiger partial charge in [-0.2, -0.15) is 5.10 Å². The number of aromatic nitrogens is 5. The van der Waals surface area contributed by atoms with Crippen LogP contribution < -0.4 is 0 Å². The number of aromatic amines is 1. The summed E-state index contributed by atoms with van der Waals surface area (Å²) >= 11 is 13.1. The van der Waals surface area contributed by atoms with Gasteiger partial charge in [0.2, 0.25) is 0 Å². The van der Waals surface area contributed by atoms with Gasteiger partial charge in [0.25, 0.3) is 0 Å². The molecule has 0 fully saturated rings. The Kier molecular flexibility index (Phi) is 4.35. The minimum absolute atomic E-state index is 0.583. The topological polar surface area (TPSA) is 50.9 Å². The van der Waals surface area contributed by atoms with Gasteiger partial charge in [0.1, 0.15) is 5.82 Å². The molecule has 5 aromatic rings. The van der Waals surface area contributed by atoms with E-state index >= 15 is 0 Å². The Bertz CT molecular complexity index is 1310. The summed E-state index contributed by atoms with van der Waals surface area (Å²) in [7, 11) is 0. The van der Waals surface area contributed by atoms with Crippen LogP contribution in [0.2, 0.25) is 5.02 Å². The highest BCUT2D eigenvalue weighted by Crippen LogP contribution is 2.26. The van der Waals surface area contributed by atoms with Gasteiger partial charge in [-0.25, -0.2) is 4.98 Å². The molecule has 138 valence electrons. The molecule has 1 N–H and O–H groups in total. The molecule has 28 heavy (non-hydrogen) atoms. The summed E-state index contributed by atoms with van der Waals surface area (Å²) in [6, 6.07) is 17.7. The largest absolute Gasteiger partial charge is 0.294 e. The Balaban J connectivity index is 1.53. The van der Waals surface area contributed by atoms with E-state index in [1.54, 1.807) is 11.3 Å². The van der Waals surface area contributed by atoms with Gasteiger partial charge in [0, 0.05) is 40.0 Å². The Morgan fingerprint density at radius 2 is 1.86 bits per heavy atom. The highest BCUT2D eigenvalue weighted by molar-refractivity contribution is 7.71. The number of imidazole rings is 1. The molecule has 0 amide bonds. The van der Waals surface area contributed by atoms with Gasteiger partial charge in [0.05, 0.1) is 5.69 Å². The number of rotatable bonds is 4. The third-order valence-electron chi connectivity index (χ3n) is 4.52. The number of thiazole rings is 1. The van der Waals surface area contributed by atoms with E-state index in [0.717, 1.165) is 33.4 Å². The number of hydrogen-bond acceptors (Lipinski definition) is 4. The SMILES string of the molecule is S=c1[nH]nc(Cc2csc3nc(-c4ccc(Cl)cc4)cn23)n1-c1ccccc1. The molecular weight excluding hydrogens is 410 g/mol. The maximum absolute atomic E-state index is 6.00. The summed E-state index contributed by atoms with van der Waals surface area (Å²) in [6.45, 7) is 0. The minimum Gasteiger partial charge on any atom is -0.294 e. The molecule has 2 aromatic carbocycles. The molecule has 5 nitrogen and oxygen atoms in total. The van der Waals surface area contributed by atoms with Gasteiger partial charge < -0.3 is 0 Å². The van der Waals surface area contributed by atoms with Crippen molar-refractivity contribution < 1.29 is 0 Å². The van der Waals surface area contributed by atoms with Crippen LogP contribution in [0.5, 0.6) is 0 Å². The normalized spacial score (nSPS) is 11.3. The lowest BCUT2D eigenvalue weighted by molar-refractivity contribution is 0.874. The molecule has 8 heteroatoms. The van der Waals surface area contributed by atoms with Gasteiger partial charge in [-0.05, 0) is 36.5 Å². The lowest BCUT2D eigenvalue weighted by Gasteiger charge is -2.06. The van der Waals surface area contributed by atoms with Crippen molar-refractivity contribution in [1.29, 1.82) is 0 Å². The van der Waals surface area contributed by atoms with Crippen molar-refractivity contribution in [2.45, 2.75) is 6.42 Å². The van der Waals surface area contributed by atoms with Crippen molar-refractivity contribution in [3.05, 3.63) is 87.5 Å². The van der Waals surface area contributed by atoms with Crippen molar-refractivity contribution in [2.75, 3.05) is 0 Å². The first kappa shape index (κ1) is 17.4. The summed E-state index contributed by atoms with van der Waals surface area (Å²) in [5.74, 6) is 0.859. The zero-order valence-electron chi connectivity index (χ0n) is 14.5. The van der Waals surface area contributed by atoms with Crippen LogP contribution in [0.15, 0.2) is 66.2 Å². The van der Waals surface area contributed by atoms with Gasteiger partial charge in [-0.15, -0.1) is 11.3 Å². The summed E-state index contributed by atoms with van der Waals surface area (Å²) in [4.78, 5) is 5.69. The fraction of sp³-hybridized carbons (Fsp3) is 0.0500. The molecule has 0 unspecified atom stereocenters. The maximum Gasteiger partial charge on any atom is 0.199 e. The van der Waals surface area contributed by atoms with Crippen molar-refractivity contribution >= 4 is 40.1 Å². The minimum atomic E-state index is 0.583. The van der Waals surface area contributed by atoms with Crippen molar-refractivity contribution in [2.24, 2.45) is 0 Å². The van der Waals surface area contributed by atoms with E-state index in [0.29, 0.717) is 16.2 Å². The van der Waals surface area contributed by atoms with Gasteiger partial charge in [-0.3, -0.25) is 14.1 Å². The van der Waals surface area contributed by atoms with E-state index in [1.165, 1.54) is 0 Å². The lowest BCUT2D eigenvalue weighted by Crippen LogP contribution is -2.03. The number of halogens is 1. The molecule has 0 radical (unpaired) electrons. The molecule has 5 rings (SSSR count). The molecule has 0 aliphatic carbocycles. The Morgan fingerprint density at radius 3 is 2.64 bits per heavy atom. The predicted molar refractivity (Wildman–Crippen MR) is 115 cm³/mol. The molecular formula is C20H14ClN5S2. The number of nitrogens with one attached hydrogen (secondary N) is 1. The number of fused-ring (bicyclic) bond motifs is 1. The maximum atomic E-state index is 6.00. The average Bonchev–Trinajstić information content (AvgIpc) is 3.39. The summed E-state index contributed by atoms with van der Waals surface area (Å²) in [6.07, 6.45) is 2.69. The second-order valence-corrected chi connectivity index (χ2v) is 7.97. The molecule has 0 bridgehead atoms. The van der Waals surface area contributed by atoms with Gasteiger partial charge >= 0.3 is 0 Å². The standard InChI is InChI=1S/C20H14ClN5S2/c21-14-8-6-13(7-9-14)17-11-25-16(12-28-20(25)22-17)10-18-23-24-19(27)26(18)15-4-2-1-3-5-15/h1-9,11-12H,10H2,(H,24,27). The highest BCUT2D eigenvalue weighted by atomic mass is 35.5. The number of nitrogens with zero attached hydrogens (tertiary/aromatic N) is 4. The first-order valence-corrected chi connectivity index (χ1v) is 10.3.